The summed E-state index contributed by atoms with van der Waals surface area (Å²) in [6, 6.07) is 0. The summed E-state index contributed by atoms with van der Waals surface area (Å²) in [6.45, 7) is 0. The van der Waals surface area contributed by atoms with Gasteiger partial charge in [-0.05, 0) is 135 Å². The van der Waals surface area contributed by atoms with Gasteiger partial charge >= 0.3 is 0 Å². The van der Waals surface area contributed by atoms with E-state index in [1.54, 1.807) is 0 Å². The summed E-state index contributed by atoms with van der Waals surface area (Å²) >= 11 is 71.6. The Morgan fingerprint density at radius 1 is 0.250 bits per heavy atom. The lowest BCUT2D eigenvalue weighted by Crippen LogP contribution is -1.62. The SMILES string of the molecule is ClP1(Cl)=NP(Cl)(Cl)=NP(Cl)(Cl)=NP(Cl)(Cl)=NP(Cl)(Cl)=NP(Cl)(Cl)=N1. The summed E-state index contributed by atoms with van der Waals surface area (Å²) < 4.78 is 22.4. The molecule has 1 aliphatic rings. The van der Waals surface area contributed by atoms with Crippen molar-refractivity contribution in [2.75, 3.05) is 0 Å². The largest absolute Gasteiger partial charge is 0.257 e. The summed E-state index contributed by atoms with van der Waals surface area (Å²) in [7, 11) is 0. The zero-order chi connectivity index (χ0) is 19.2. The number of halogens is 12. The van der Waals surface area contributed by atoms with Gasteiger partial charge in [0.2, 0.25) is 0 Å². The smallest absolute Gasteiger partial charge is 0.185 e. The molecule has 6 nitrogen and oxygen atoms in total. The summed E-state index contributed by atoms with van der Waals surface area (Å²) in [4.78, 5) is 0. The third-order valence-electron chi connectivity index (χ3n) is 1.29. The lowest BCUT2D eigenvalue weighted by molar-refractivity contribution is 1.80. The topological polar surface area (TPSA) is 74.2 Å². The fourth-order valence-corrected chi connectivity index (χ4v) is 38.5. The minimum atomic E-state index is -3.64. The first-order valence-electron chi connectivity index (χ1n) is 4.43. The maximum atomic E-state index is 5.97. The molecule has 0 aromatic carbocycles. The second kappa shape index (κ2) is 9.15. The highest BCUT2D eigenvalue weighted by Crippen LogP contribution is 2.88. The van der Waals surface area contributed by atoms with Crippen molar-refractivity contribution in [3.8, 4) is 0 Å². The molecule has 0 saturated carbocycles. The van der Waals surface area contributed by atoms with Crippen LogP contribution < -0.4 is 0 Å². The molecular weight excluding hydrogens is 695 g/mol. The molecule has 0 N–H and O–H groups in total. The van der Waals surface area contributed by atoms with Crippen LogP contribution in [0.15, 0.2) is 27.1 Å². The maximum Gasteiger partial charge on any atom is 0.257 e. The second-order valence-corrected chi connectivity index (χ2v) is 33.1. The van der Waals surface area contributed by atoms with Crippen molar-refractivity contribution < 1.29 is 0 Å². The van der Waals surface area contributed by atoms with Gasteiger partial charge in [-0.2, -0.15) is 27.1 Å². The van der Waals surface area contributed by atoms with E-state index >= 15 is 0 Å². The summed E-state index contributed by atoms with van der Waals surface area (Å²) in [5, 5.41) is 0. The molecule has 24 heteroatoms. The first kappa shape index (κ1) is 26.9. The highest BCUT2D eigenvalue weighted by Gasteiger charge is 2.31. The molecule has 1 rings (SSSR count). The third kappa shape index (κ3) is 10.8. The van der Waals surface area contributed by atoms with E-state index in [9.17, 15) is 0 Å². The van der Waals surface area contributed by atoms with Crippen molar-refractivity contribution in [3.63, 3.8) is 0 Å². The molecule has 0 aliphatic carbocycles. The molecule has 1 heterocycles. The van der Waals surface area contributed by atoms with Crippen LogP contribution in [-0.4, -0.2) is 0 Å². The Kier molecular flexibility index (Phi) is 10.3. The first-order chi connectivity index (χ1) is 10.2. The van der Waals surface area contributed by atoms with Crippen molar-refractivity contribution in [1.29, 1.82) is 0 Å². The van der Waals surface area contributed by atoms with E-state index in [-0.39, 0.29) is 0 Å². The van der Waals surface area contributed by atoms with Gasteiger partial charge in [-0.1, -0.05) is 0 Å². The van der Waals surface area contributed by atoms with Crippen LogP contribution in [-0.2, 0) is 0 Å². The van der Waals surface area contributed by atoms with Crippen molar-refractivity contribution in [2.45, 2.75) is 0 Å². The van der Waals surface area contributed by atoms with Crippen LogP contribution in [0.5, 0.6) is 0 Å². The van der Waals surface area contributed by atoms with Crippen LogP contribution in [0, 0.1) is 0 Å². The lowest BCUT2D eigenvalue weighted by Gasteiger charge is -2.16. The minimum Gasteiger partial charge on any atom is -0.185 e. The number of hydrogen-bond acceptors (Lipinski definition) is 6. The van der Waals surface area contributed by atoms with Gasteiger partial charge in [0.1, 0.15) is 0 Å². The van der Waals surface area contributed by atoms with E-state index in [4.69, 9.17) is 135 Å². The van der Waals surface area contributed by atoms with Crippen molar-refractivity contribution in [1.82, 2.24) is 0 Å². The Morgan fingerprint density at radius 2 is 0.333 bits per heavy atom. The molecule has 0 spiro atoms. The third-order valence-corrected chi connectivity index (χ3v) is 26.2. The highest BCUT2D eigenvalue weighted by atomic mass is 35.9. The van der Waals surface area contributed by atoms with Crippen LogP contribution in [0.1, 0.15) is 0 Å². The first-order valence-corrected chi connectivity index (χ1v) is 25.5. The number of rotatable bonds is 0. The van der Waals surface area contributed by atoms with Crippen LogP contribution in [0.2, 0.25) is 0 Å². The Bertz CT molecular complexity index is 621. The Morgan fingerprint density at radius 3 is 0.417 bits per heavy atom. The molecule has 0 bridgehead atoms. The fraction of sp³-hybridized carbons (Fsp3) is 0. The van der Waals surface area contributed by atoms with E-state index in [1.807, 2.05) is 0 Å². The number of hydrogen-bond donors (Lipinski definition) is 0. The summed E-state index contributed by atoms with van der Waals surface area (Å²) in [6.07, 6.45) is 0. The van der Waals surface area contributed by atoms with Gasteiger partial charge in [-0.3, -0.25) is 0 Å². The van der Waals surface area contributed by atoms with Gasteiger partial charge in [0.25, 0.3) is 35.5 Å². The van der Waals surface area contributed by atoms with Crippen LogP contribution in [0.25, 0.3) is 0 Å². The molecule has 24 heavy (non-hydrogen) atoms. The quantitative estimate of drug-likeness (QED) is 0.226. The molecule has 0 aromatic heterocycles. The van der Waals surface area contributed by atoms with E-state index < -0.39 is 35.5 Å². The van der Waals surface area contributed by atoms with E-state index in [0.717, 1.165) is 0 Å². The van der Waals surface area contributed by atoms with Gasteiger partial charge in [0, 0.05) is 0 Å². The molecule has 0 radical (unpaired) electrons. The van der Waals surface area contributed by atoms with Gasteiger partial charge in [-0.15, -0.1) is 0 Å². The Labute approximate surface area is 195 Å². The molecule has 0 fully saturated rings. The van der Waals surface area contributed by atoms with Crippen LogP contribution in [0.3, 0.4) is 0 Å². The lowest BCUT2D eigenvalue weighted by atomic mass is 13.8. The Balaban J connectivity index is 4.07. The zero-order valence-electron chi connectivity index (χ0n) is 9.90. The molecular formula is Cl12N6P6. The second-order valence-electron chi connectivity index (χ2n) is 3.27. The normalized spacial score (nSPS) is 29.5. The predicted octanol–water partition coefficient (Wildman–Crippen LogP) is 14.5. The van der Waals surface area contributed by atoms with E-state index in [0.29, 0.717) is 0 Å². The van der Waals surface area contributed by atoms with Crippen LogP contribution >= 0.6 is 170 Å². The average Bonchev–Trinajstić information content (AvgIpc) is 1.98. The van der Waals surface area contributed by atoms with Gasteiger partial charge < -0.3 is 0 Å². The van der Waals surface area contributed by atoms with Crippen molar-refractivity contribution in [2.24, 2.45) is 27.1 Å². The van der Waals surface area contributed by atoms with Gasteiger partial charge in [-0.25, -0.2) is 0 Å². The predicted molar refractivity (Wildman–Crippen MR) is 126 cm³/mol. The number of nitrogens with zero attached hydrogens (tertiary/aromatic N) is 6. The maximum absolute atomic E-state index is 5.97. The minimum absolute atomic E-state index is 3.64. The molecule has 144 valence electrons. The van der Waals surface area contributed by atoms with Gasteiger partial charge in [0.15, 0.2) is 0 Å². The molecule has 0 aromatic rings. The van der Waals surface area contributed by atoms with Crippen molar-refractivity contribution in [3.05, 3.63) is 0 Å². The standard InChI is InChI=1S/Cl12N6P6/c1-19(2)13-20(3,4)15-22(7,8)17-24(11,12)18-23(9,10)16-21(5,6)14-19. The molecule has 1 aliphatic heterocycles. The van der Waals surface area contributed by atoms with Crippen molar-refractivity contribution >= 4 is 170 Å². The van der Waals surface area contributed by atoms with Crippen LogP contribution in [0.4, 0.5) is 0 Å². The average molecular weight is 695 g/mol. The highest BCUT2D eigenvalue weighted by molar-refractivity contribution is 8.27. The molecule has 0 atom stereocenters. The molecule has 0 saturated heterocycles. The zero-order valence-corrected chi connectivity index (χ0v) is 24.3. The summed E-state index contributed by atoms with van der Waals surface area (Å²) in [5.74, 6) is -21.8. The fourth-order valence-electron chi connectivity index (χ4n) is 0.884. The summed E-state index contributed by atoms with van der Waals surface area (Å²) in [5.41, 5.74) is 0. The Hall–Kier alpha value is 4.86. The monoisotopic (exact) mass is 689 g/mol. The van der Waals surface area contributed by atoms with Gasteiger partial charge in [0.05, 0.1) is 0 Å². The van der Waals surface area contributed by atoms with E-state index in [2.05, 4.69) is 27.1 Å². The molecule has 0 amide bonds. The molecule has 0 unspecified atom stereocenters. The van der Waals surface area contributed by atoms with E-state index in [1.165, 1.54) is 0 Å².